The zero-order chi connectivity index (χ0) is 15.8. The van der Waals surface area contributed by atoms with Crippen LogP contribution in [-0.2, 0) is 4.79 Å². The maximum atomic E-state index is 12.5. The van der Waals surface area contributed by atoms with E-state index < -0.39 is 0 Å². The molecule has 4 rings (SSSR count). The largest absolute Gasteiger partial charge is 0.361 e. The molecule has 6 heteroatoms. The van der Waals surface area contributed by atoms with E-state index in [0.29, 0.717) is 17.1 Å². The van der Waals surface area contributed by atoms with Crippen LogP contribution >= 0.6 is 22.9 Å². The molecule has 0 bridgehead atoms. The average Bonchev–Trinajstić information content (AvgIpc) is 3.09. The number of carbonyl (C=O) groups excluding carboxylic acids is 1. The van der Waals surface area contributed by atoms with Gasteiger partial charge in [-0.1, -0.05) is 29.8 Å². The molecule has 2 aromatic rings. The Morgan fingerprint density at radius 2 is 2.17 bits per heavy atom. The van der Waals surface area contributed by atoms with E-state index in [2.05, 4.69) is 10.3 Å². The Kier molecular flexibility index (Phi) is 3.75. The topological polar surface area (TPSA) is 54.4 Å². The Bertz CT molecular complexity index is 826. The van der Waals surface area contributed by atoms with E-state index in [9.17, 15) is 4.79 Å². The van der Waals surface area contributed by atoms with Crippen molar-refractivity contribution in [1.29, 1.82) is 0 Å². The lowest BCUT2D eigenvalue weighted by Crippen LogP contribution is -2.44. The number of hydrogen-bond donors (Lipinski definition) is 1. The molecule has 1 aromatic heterocycles. The van der Waals surface area contributed by atoms with Crippen LogP contribution in [0, 0.1) is 0 Å². The maximum Gasteiger partial charge on any atom is 0.163 e. The third-order valence-corrected chi connectivity index (χ3v) is 5.21. The van der Waals surface area contributed by atoms with E-state index in [-0.39, 0.29) is 11.8 Å². The quantitative estimate of drug-likeness (QED) is 0.905. The Hall–Kier alpha value is -1.98. The number of benzene rings is 1. The Morgan fingerprint density at radius 3 is 2.96 bits per heavy atom. The highest BCUT2D eigenvalue weighted by Crippen LogP contribution is 2.35. The molecule has 23 heavy (non-hydrogen) atoms. The number of rotatable bonds is 2. The third-order valence-electron chi connectivity index (χ3n) is 4.10. The number of nitrogens with one attached hydrogen (secondary N) is 1. The summed E-state index contributed by atoms with van der Waals surface area (Å²) >= 11 is 7.89. The minimum absolute atomic E-state index is 0.0149. The molecule has 0 spiro atoms. The number of thiazole rings is 1. The first-order chi connectivity index (χ1) is 11.2. The number of aliphatic imine (C=N–C) groups is 1. The van der Waals surface area contributed by atoms with E-state index in [1.807, 2.05) is 29.6 Å². The van der Waals surface area contributed by atoms with Crippen molar-refractivity contribution in [3.8, 4) is 0 Å². The Labute approximate surface area is 142 Å². The number of Topliss-reactive ketones (excluding diaryl/α,β-unsaturated/α-hetero) is 1. The van der Waals surface area contributed by atoms with Gasteiger partial charge in [-0.3, -0.25) is 4.79 Å². The van der Waals surface area contributed by atoms with Gasteiger partial charge < -0.3 is 5.32 Å². The number of halogens is 1. The molecule has 4 nitrogen and oxygen atoms in total. The average molecular weight is 344 g/mol. The zero-order valence-electron chi connectivity index (χ0n) is 12.3. The van der Waals surface area contributed by atoms with Crippen molar-refractivity contribution in [2.45, 2.75) is 25.3 Å². The molecule has 1 aliphatic heterocycles. The lowest BCUT2D eigenvalue weighted by Gasteiger charge is -2.31. The second-order valence-electron chi connectivity index (χ2n) is 5.55. The van der Waals surface area contributed by atoms with Crippen molar-refractivity contribution >= 4 is 40.3 Å². The molecule has 1 aliphatic carbocycles. The minimum Gasteiger partial charge on any atom is -0.361 e. The molecule has 1 N–H and O–H groups in total. The molecular weight excluding hydrogens is 330 g/mol. The summed E-state index contributed by atoms with van der Waals surface area (Å²) in [6, 6.07) is 7.52. The van der Waals surface area contributed by atoms with E-state index in [1.54, 1.807) is 6.20 Å². The van der Waals surface area contributed by atoms with Crippen molar-refractivity contribution < 1.29 is 4.79 Å². The lowest BCUT2D eigenvalue weighted by atomic mass is 9.85. The van der Waals surface area contributed by atoms with E-state index >= 15 is 0 Å². The van der Waals surface area contributed by atoms with E-state index in [1.165, 1.54) is 11.3 Å². The standard InChI is InChI=1S/C17H14ClN3OS/c18-11-5-2-1-4-10(11)15-14-12(6-3-7-13(14)22)20-16(21-15)17-19-8-9-23-17/h1-2,4-5,8-9,12H,3,6-7H2,(H,20,21). The number of hydrogen-bond acceptors (Lipinski definition) is 5. The molecule has 2 aliphatic rings. The molecular formula is C17H14ClN3OS. The fourth-order valence-electron chi connectivity index (χ4n) is 3.06. The van der Waals surface area contributed by atoms with Crippen LogP contribution in [0.5, 0.6) is 0 Å². The van der Waals surface area contributed by atoms with Gasteiger partial charge >= 0.3 is 0 Å². The number of aromatic nitrogens is 1. The van der Waals surface area contributed by atoms with Crippen molar-refractivity contribution in [2.24, 2.45) is 4.99 Å². The van der Waals surface area contributed by atoms with E-state index in [4.69, 9.17) is 16.6 Å². The van der Waals surface area contributed by atoms with Crippen LogP contribution in [0.25, 0.3) is 5.70 Å². The molecule has 1 fully saturated rings. The lowest BCUT2D eigenvalue weighted by molar-refractivity contribution is -0.116. The van der Waals surface area contributed by atoms with Crippen molar-refractivity contribution in [3.05, 3.63) is 57.0 Å². The first kappa shape index (κ1) is 14.6. The highest BCUT2D eigenvalue weighted by atomic mass is 35.5. The van der Waals surface area contributed by atoms with Gasteiger partial charge in [-0.05, 0) is 18.9 Å². The Morgan fingerprint density at radius 1 is 1.30 bits per heavy atom. The number of ketones is 1. The van der Waals surface area contributed by atoms with Crippen LogP contribution in [0.2, 0.25) is 5.02 Å². The molecule has 0 saturated heterocycles. The molecule has 0 radical (unpaired) electrons. The smallest absolute Gasteiger partial charge is 0.163 e. The second-order valence-corrected chi connectivity index (χ2v) is 6.85. The van der Waals surface area contributed by atoms with Crippen LogP contribution in [0.15, 0.2) is 46.4 Å². The van der Waals surface area contributed by atoms with Gasteiger partial charge in [0, 0.05) is 34.2 Å². The fraction of sp³-hybridized carbons (Fsp3) is 0.235. The zero-order valence-corrected chi connectivity index (χ0v) is 13.8. The summed E-state index contributed by atoms with van der Waals surface area (Å²) in [4.78, 5) is 21.5. The van der Waals surface area contributed by atoms with E-state index in [0.717, 1.165) is 34.8 Å². The molecule has 2 heterocycles. The predicted molar refractivity (Wildman–Crippen MR) is 92.8 cm³/mol. The van der Waals surface area contributed by atoms with Gasteiger partial charge in [0.05, 0.1) is 11.7 Å². The SMILES string of the molecule is O=C1CCCC2NC(c3nccs3)=NC(c3ccccc3Cl)=C12. The minimum atomic E-state index is -0.0149. The predicted octanol–water partition coefficient (Wildman–Crippen LogP) is 3.68. The molecule has 1 aromatic carbocycles. The summed E-state index contributed by atoms with van der Waals surface area (Å²) in [6.07, 6.45) is 4.13. The summed E-state index contributed by atoms with van der Waals surface area (Å²) in [6.45, 7) is 0. The van der Waals surface area contributed by atoms with Gasteiger partial charge in [0.15, 0.2) is 16.6 Å². The fourth-order valence-corrected chi connectivity index (χ4v) is 3.87. The third kappa shape index (κ3) is 2.60. The molecule has 1 unspecified atom stereocenters. The normalized spacial score (nSPS) is 20.8. The van der Waals surface area contributed by atoms with Crippen LogP contribution in [0.1, 0.15) is 29.8 Å². The van der Waals surface area contributed by atoms with Gasteiger partial charge in [-0.25, -0.2) is 9.98 Å². The van der Waals surface area contributed by atoms with Gasteiger partial charge in [-0.15, -0.1) is 11.3 Å². The van der Waals surface area contributed by atoms with Gasteiger partial charge in [-0.2, -0.15) is 0 Å². The van der Waals surface area contributed by atoms with Gasteiger partial charge in [0.2, 0.25) is 0 Å². The summed E-state index contributed by atoms with van der Waals surface area (Å²) in [5, 5.41) is 6.73. The van der Waals surface area contributed by atoms with Crippen LogP contribution in [0.4, 0.5) is 0 Å². The van der Waals surface area contributed by atoms with Gasteiger partial charge in [0.1, 0.15) is 0 Å². The first-order valence-electron chi connectivity index (χ1n) is 7.51. The molecule has 0 amide bonds. The highest BCUT2D eigenvalue weighted by Gasteiger charge is 2.34. The molecule has 1 saturated carbocycles. The first-order valence-corrected chi connectivity index (χ1v) is 8.77. The number of amidine groups is 1. The number of carbonyl (C=O) groups is 1. The van der Waals surface area contributed by atoms with Crippen molar-refractivity contribution in [2.75, 3.05) is 0 Å². The summed E-state index contributed by atoms with van der Waals surface area (Å²) < 4.78 is 0. The van der Waals surface area contributed by atoms with Crippen molar-refractivity contribution in [1.82, 2.24) is 10.3 Å². The second kappa shape index (κ2) is 5.91. The highest BCUT2D eigenvalue weighted by molar-refractivity contribution is 7.11. The van der Waals surface area contributed by atoms with Crippen LogP contribution in [-0.4, -0.2) is 22.6 Å². The van der Waals surface area contributed by atoms with Crippen molar-refractivity contribution in [3.63, 3.8) is 0 Å². The molecule has 1 atom stereocenters. The maximum absolute atomic E-state index is 12.5. The van der Waals surface area contributed by atoms with Crippen LogP contribution in [0.3, 0.4) is 0 Å². The van der Waals surface area contributed by atoms with Gasteiger partial charge in [0.25, 0.3) is 0 Å². The Balaban J connectivity index is 1.92. The molecule has 116 valence electrons. The summed E-state index contributed by atoms with van der Waals surface area (Å²) in [5.74, 6) is 0.879. The summed E-state index contributed by atoms with van der Waals surface area (Å²) in [7, 11) is 0. The summed E-state index contributed by atoms with van der Waals surface area (Å²) in [5.41, 5.74) is 2.25. The monoisotopic (exact) mass is 343 g/mol. The van der Waals surface area contributed by atoms with Crippen LogP contribution < -0.4 is 5.32 Å². The number of fused-ring (bicyclic) bond motifs is 1. The number of nitrogens with zero attached hydrogens (tertiary/aromatic N) is 2.